The van der Waals surface area contributed by atoms with E-state index in [0.29, 0.717) is 6.42 Å². The molecule has 2 aromatic carbocycles. The number of nitrogens with zero attached hydrogens (tertiary/aromatic N) is 1. The van der Waals surface area contributed by atoms with Crippen molar-refractivity contribution in [2.45, 2.75) is 30.9 Å². The van der Waals surface area contributed by atoms with Crippen LogP contribution >= 0.6 is 0 Å². The highest BCUT2D eigenvalue weighted by atomic mass is 16.6. The molecule has 2 atom stereocenters. The number of carbonyl (C=O) groups excluding carboxylic acids is 2. The zero-order valence-corrected chi connectivity index (χ0v) is 14.7. The lowest BCUT2D eigenvalue weighted by Crippen LogP contribution is -2.55. The Balaban J connectivity index is 1.52. The summed E-state index contributed by atoms with van der Waals surface area (Å²) in [4.78, 5) is 25.0. The third kappa shape index (κ3) is 3.17. The number of hydrogen-bond acceptors (Lipinski definition) is 5. The van der Waals surface area contributed by atoms with E-state index in [2.05, 4.69) is 0 Å². The standard InChI is InChI=1S/C21H21NO5/c23-13-9-10-22(19(11-13)20(24)25)21(26)27-12-18-16-7-3-1-5-14(16)15-6-2-4-8-17(15)18/h1-8,13,18-19,23H,9-12H2,(H,24,25)/p-1/t13-,19-/m0/s1. The summed E-state index contributed by atoms with van der Waals surface area (Å²) in [6.07, 6.45) is -1.14. The molecular weight excluding hydrogens is 346 g/mol. The van der Waals surface area contributed by atoms with Crippen LogP contribution in [0.25, 0.3) is 11.1 Å². The molecule has 0 saturated carbocycles. The first-order chi connectivity index (χ1) is 13.1. The highest BCUT2D eigenvalue weighted by Crippen LogP contribution is 2.44. The first kappa shape index (κ1) is 17.5. The number of hydrogen-bond donors (Lipinski definition) is 1. The lowest BCUT2D eigenvalue weighted by molar-refractivity contribution is -0.312. The van der Waals surface area contributed by atoms with E-state index in [-0.39, 0.29) is 25.5 Å². The zero-order valence-electron chi connectivity index (χ0n) is 14.7. The molecule has 6 nitrogen and oxygen atoms in total. The van der Waals surface area contributed by atoms with Crippen LogP contribution in [0.1, 0.15) is 29.9 Å². The number of aliphatic hydroxyl groups is 1. The van der Waals surface area contributed by atoms with E-state index < -0.39 is 24.2 Å². The normalized spacial score (nSPS) is 21.4. The molecule has 0 aromatic heterocycles. The maximum Gasteiger partial charge on any atom is 0.410 e. The Labute approximate surface area is 157 Å². The number of rotatable bonds is 3. The van der Waals surface area contributed by atoms with Gasteiger partial charge in [-0.15, -0.1) is 0 Å². The minimum atomic E-state index is -1.37. The Morgan fingerprint density at radius 2 is 1.67 bits per heavy atom. The number of amides is 1. The maximum atomic E-state index is 12.5. The molecule has 1 aliphatic heterocycles. The summed E-state index contributed by atoms with van der Waals surface area (Å²) >= 11 is 0. The largest absolute Gasteiger partial charge is 0.548 e. The summed E-state index contributed by atoms with van der Waals surface area (Å²) in [5, 5.41) is 21.0. The molecule has 2 aliphatic rings. The van der Waals surface area contributed by atoms with Gasteiger partial charge in [0.15, 0.2) is 0 Å². The van der Waals surface area contributed by atoms with E-state index in [0.717, 1.165) is 27.2 Å². The van der Waals surface area contributed by atoms with E-state index >= 15 is 0 Å². The first-order valence-corrected chi connectivity index (χ1v) is 9.07. The molecule has 0 spiro atoms. The van der Waals surface area contributed by atoms with Gasteiger partial charge in [-0.2, -0.15) is 0 Å². The van der Waals surface area contributed by atoms with Gasteiger partial charge >= 0.3 is 6.09 Å². The fraction of sp³-hybridized carbons (Fsp3) is 0.333. The van der Waals surface area contributed by atoms with Gasteiger partial charge in [0.05, 0.1) is 18.1 Å². The number of fused-ring (bicyclic) bond motifs is 3. The van der Waals surface area contributed by atoms with Crippen molar-refractivity contribution in [2.75, 3.05) is 13.2 Å². The third-order valence-corrected chi connectivity index (χ3v) is 5.42. The molecule has 6 heteroatoms. The minimum Gasteiger partial charge on any atom is -0.548 e. The van der Waals surface area contributed by atoms with Crippen LogP contribution < -0.4 is 5.11 Å². The van der Waals surface area contributed by atoms with Gasteiger partial charge in [0, 0.05) is 12.5 Å². The molecule has 4 rings (SSSR count). The number of aliphatic hydroxyl groups excluding tert-OH is 1. The van der Waals surface area contributed by atoms with E-state index in [1.807, 2.05) is 48.5 Å². The summed E-state index contributed by atoms with van der Waals surface area (Å²) < 4.78 is 5.51. The van der Waals surface area contributed by atoms with Gasteiger partial charge in [-0.05, 0) is 35.1 Å². The molecule has 0 radical (unpaired) electrons. The summed E-state index contributed by atoms with van der Waals surface area (Å²) in [5.41, 5.74) is 4.44. The summed E-state index contributed by atoms with van der Waals surface area (Å²) in [6.45, 7) is 0.266. The maximum absolute atomic E-state index is 12.5. The lowest BCUT2D eigenvalue weighted by Gasteiger charge is -2.37. The van der Waals surface area contributed by atoms with Crippen LogP contribution in [0.5, 0.6) is 0 Å². The number of carboxylic acids is 1. The monoisotopic (exact) mass is 366 g/mol. The Morgan fingerprint density at radius 3 is 2.26 bits per heavy atom. The summed E-state index contributed by atoms with van der Waals surface area (Å²) in [6, 6.07) is 14.9. The van der Waals surface area contributed by atoms with Crippen LogP contribution in [0, 0.1) is 0 Å². The molecule has 1 fully saturated rings. The van der Waals surface area contributed by atoms with Crippen LogP contribution in [0.4, 0.5) is 4.79 Å². The average molecular weight is 366 g/mol. The van der Waals surface area contributed by atoms with Crippen LogP contribution in [0.2, 0.25) is 0 Å². The molecule has 1 saturated heterocycles. The van der Waals surface area contributed by atoms with E-state index in [9.17, 15) is 19.8 Å². The van der Waals surface area contributed by atoms with Crippen LogP contribution in [-0.2, 0) is 9.53 Å². The highest BCUT2D eigenvalue weighted by molar-refractivity contribution is 5.80. The molecular formula is C21H20NO5-. The molecule has 1 heterocycles. The molecule has 140 valence electrons. The van der Waals surface area contributed by atoms with E-state index in [1.165, 1.54) is 0 Å². The summed E-state index contributed by atoms with van der Waals surface area (Å²) in [5.74, 6) is -1.46. The van der Waals surface area contributed by atoms with Crippen molar-refractivity contribution < 1.29 is 24.5 Å². The van der Waals surface area contributed by atoms with Crippen molar-refractivity contribution in [1.29, 1.82) is 0 Å². The average Bonchev–Trinajstić information content (AvgIpc) is 3.00. The topological polar surface area (TPSA) is 89.9 Å². The van der Waals surface area contributed by atoms with Gasteiger partial charge in [0.2, 0.25) is 0 Å². The lowest BCUT2D eigenvalue weighted by atomic mass is 9.98. The SMILES string of the molecule is O=C([O-])[C@@H]1C[C@@H](O)CCN1C(=O)OCC1c2ccccc2-c2ccccc21. The Hall–Kier alpha value is -2.86. The molecule has 1 N–H and O–H groups in total. The predicted molar refractivity (Wildman–Crippen MR) is 95.8 cm³/mol. The van der Waals surface area contributed by atoms with Crippen molar-refractivity contribution in [3.63, 3.8) is 0 Å². The van der Waals surface area contributed by atoms with Crippen LogP contribution in [0.3, 0.4) is 0 Å². The molecule has 0 unspecified atom stereocenters. The second kappa shape index (κ2) is 7.04. The van der Waals surface area contributed by atoms with Crippen molar-refractivity contribution in [1.82, 2.24) is 4.90 Å². The fourth-order valence-corrected chi connectivity index (χ4v) is 4.07. The Kier molecular flexibility index (Phi) is 4.58. The highest BCUT2D eigenvalue weighted by Gasteiger charge is 2.34. The zero-order chi connectivity index (χ0) is 19.0. The van der Waals surface area contributed by atoms with Gasteiger partial charge in [0.1, 0.15) is 6.61 Å². The Morgan fingerprint density at radius 1 is 1.07 bits per heavy atom. The van der Waals surface area contributed by atoms with Gasteiger partial charge in [0.25, 0.3) is 0 Å². The Bertz CT molecular complexity index is 835. The van der Waals surface area contributed by atoms with Crippen LogP contribution in [0.15, 0.2) is 48.5 Å². The number of likely N-dealkylation sites (tertiary alicyclic amines) is 1. The number of benzene rings is 2. The summed E-state index contributed by atoms with van der Waals surface area (Å²) in [7, 11) is 0. The molecule has 27 heavy (non-hydrogen) atoms. The predicted octanol–water partition coefficient (Wildman–Crippen LogP) is 1.51. The number of carbonyl (C=O) groups is 2. The minimum absolute atomic E-state index is 0.0352. The number of ether oxygens (including phenoxy) is 1. The third-order valence-electron chi connectivity index (χ3n) is 5.42. The molecule has 0 bridgehead atoms. The van der Waals surface area contributed by atoms with Crippen LogP contribution in [-0.4, -0.2) is 47.4 Å². The number of piperidine rings is 1. The first-order valence-electron chi connectivity index (χ1n) is 9.07. The molecule has 2 aromatic rings. The second-order valence-electron chi connectivity index (χ2n) is 7.01. The van der Waals surface area contributed by atoms with Crippen molar-refractivity contribution in [2.24, 2.45) is 0 Å². The van der Waals surface area contributed by atoms with Gasteiger partial charge in [-0.3, -0.25) is 4.90 Å². The number of aliphatic carboxylic acids is 1. The molecule has 1 aliphatic carbocycles. The van der Waals surface area contributed by atoms with Crippen molar-refractivity contribution in [3.8, 4) is 11.1 Å². The van der Waals surface area contributed by atoms with Gasteiger partial charge < -0.3 is 19.7 Å². The second-order valence-corrected chi connectivity index (χ2v) is 7.01. The van der Waals surface area contributed by atoms with Crippen molar-refractivity contribution >= 4 is 12.1 Å². The smallest absolute Gasteiger partial charge is 0.410 e. The van der Waals surface area contributed by atoms with E-state index in [4.69, 9.17) is 4.74 Å². The van der Waals surface area contributed by atoms with Crippen molar-refractivity contribution in [3.05, 3.63) is 59.7 Å². The molecule has 1 amide bonds. The quantitative estimate of drug-likeness (QED) is 0.889. The van der Waals surface area contributed by atoms with Gasteiger partial charge in [-0.1, -0.05) is 48.5 Å². The van der Waals surface area contributed by atoms with Gasteiger partial charge in [-0.25, -0.2) is 4.79 Å². The fourth-order valence-electron chi connectivity index (χ4n) is 4.07. The van der Waals surface area contributed by atoms with E-state index in [1.54, 1.807) is 0 Å². The number of carboxylic acid groups (broad SMARTS) is 1.